The Hall–Kier alpha value is -2.23. The van der Waals surface area contributed by atoms with Crippen LogP contribution in [0.5, 0.6) is 5.75 Å². The first-order chi connectivity index (χ1) is 12.9. The molecule has 0 unspecified atom stereocenters. The Balaban J connectivity index is 3.10. The standard InChI is InChI=1S/C18H22F5NO4/c1-5-6-7-10(8-24(9-25)28-18(2,3)4)17(26)27-16-14(22)12(20)11(19)13(21)15(16)23/h9-10H,5-8H2,1-4H3/t10-/m1/s1. The van der Waals surface area contributed by atoms with Crippen molar-refractivity contribution in [1.29, 1.82) is 0 Å². The summed E-state index contributed by atoms with van der Waals surface area (Å²) >= 11 is 0. The maximum Gasteiger partial charge on any atom is 0.316 e. The lowest BCUT2D eigenvalue weighted by Gasteiger charge is -2.29. The molecule has 0 bridgehead atoms. The van der Waals surface area contributed by atoms with Crippen LogP contribution in [-0.2, 0) is 14.4 Å². The number of amides is 1. The number of carbonyl (C=O) groups excluding carboxylic acids is 2. The number of ether oxygens (including phenoxy) is 1. The molecule has 0 heterocycles. The lowest BCUT2D eigenvalue weighted by Crippen LogP contribution is -2.39. The van der Waals surface area contributed by atoms with Crippen LogP contribution in [0.2, 0.25) is 0 Å². The summed E-state index contributed by atoms with van der Waals surface area (Å²) in [6.07, 6.45) is 1.59. The lowest BCUT2D eigenvalue weighted by atomic mass is 10.0. The zero-order chi connectivity index (χ0) is 21.6. The third kappa shape index (κ3) is 6.15. The third-order valence-corrected chi connectivity index (χ3v) is 3.52. The van der Waals surface area contributed by atoms with E-state index in [4.69, 9.17) is 4.84 Å². The Labute approximate surface area is 159 Å². The summed E-state index contributed by atoms with van der Waals surface area (Å²) < 4.78 is 71.6. The van der Waals surface area contributed by atoms with Gasteiger partial charge in [0.15, 0.2) is 0 Å². The fourth-order valence-electron chi connectivity index (χ4n) is 2.26. The van der Waals surface area contributed by atoms with Gasteiger partial charge in [-0.1, -0.05) is 19.8 Å². The molecule has 0 aliphatic rings. The highest BCUT2D eigenvalue weighted by atomic mass is 19.2. The smallest absolute Gasteiger partial charge is 0.316 e. The number of unbranched alkanes of at least 4 members (excludes halogenated alkanes) is 1. The molecular weight excluding hydrogens is 389 g/mol. The predicted molar refractivity (Wildman–Crippen MR) is 88.5 cm³/mol. The van der Waals surface area contributed by atoms with E-state index in [1.807, 2.05) is 6.92 Å². The molecule has 158 valence electrons. The van der Waals surface area contributed by atoms with Crippen LogP contribution in [0, 0.1) is 35.0 Å². The fraction of sp³-hybridized carbons (Fsp3) is 0.556. The lowest BCUT2D eigenvalue weighted by molar-refractivity contribution is -0.220. The molecule has 0 saturated heterocycles. The molecule has 5 nitrogen and oxygen atoms in total. The zero-order valence-electron chi connectivity index (χ0n) is 16.0. The average Bonchev–Trinajstić information content (AvgIpc) is 2.63. The van der Waals surface area contributed by atoms with Crippen LogP contribution >= 0.6 is 0 Å². The van der Waals surface area contributed by atoms with Crippen LogP contribution in [0.1, 0.15) is 47.0 Å². The van der Waals surface area contributed by atoms with Crippen molar-refractivity contribution in [2.24, 2.45) is 5.92 Å². The van der Waals surface area contributed by atoms with Crippen molar-refractivity contribution in [2.45, 2.75) is 52.6 Å². The van der Waals surface area contributed by atoms with E-state index in [0.29, 0.717) is 19.3 Å². The van der Waals surface area contributed by atoms with Crippen molar-refractivity contribution >= 4 is 12.4 Å². The van der Waals surface area contributed by atoms with Crippen LogP contribution in [0.25, 0.3) is 0 Å². The van der Waals surface area contributed by atoms with Crippen molar-refractivity contribution < 1.29 is 41.1 Å². The first-order valence-corrected chi connectivity index (χ1v) is 8.57. The maximum atomic E-state index is 13.7. The highest BCUT2D eigenvalue weighted by Crippen LogP contribution is 2.30. The van der Waals surface area contributed by atoms with Gasteiger partial charge in [-0.15, -0.1) is 0 Å². The SMILES string of the molecule is CCCC[C@H](CN(C=O)OC(C)(C)C)C(=O)Oc1c(F)c(F)c(F)c(F)c1F. The number of esters is 1. The van der Waals surface area contributed by atoms with Gasteiger partial charge < -0.3 is 4.74 Å². The summed E-state index contributed by atoms with van der Waals surface area (Å²) in [5.41, 5.74) is -0.776. The van der Waals surface area contributed by atoms with E-state index in [1.165, 1.54) is 0 Å². The van der Waals surface area contributed by atoms with E-state index in [9.17, 15) is 31.5 Å². The van der Waals surface area contributed by atoms with Gasteiger partial charge in [0.1, 0.15) is 0 Å². The van der Waals surface area contributed by atoms with Gasteiger partial charge >= 0.3 is 5.97 Å². The largest absolute Gasteiger partial charge is 0.420 e. The molecule has 0 aromatic heterocycles. The molecule has 10 heteroatoms. The molecular formula is C18H22F5NO4. The van der Waals surface area contributed by atoms with Crippen LogP contribution in [0.4, 0.5) is 22.0 Å². The van der Waals surface area contributed by atoms with Gasteiger partial charge in [0.25, 0.3) is 0 Å². The number of hydrogen-bond donors (Lipinski definition) is 0. The number of nitrogens with zero attached hydrogens (tertiary/aromatic N) is 1. The Morgan fingerprint density at radius 2 is 1.54 bits per heavy atom. The second-order valence-corrected chi connectivity index (χ2v) is 7.07. The van der Waals surface area contributed by atoms with Crippen molar-refractivity contribution in [1.82, 2.24) is 5.06 Å². The van der Waals surface area contributed by atoms with Gasteiger partial charge in [0.05, 0.1) is 18.1 Å². The molecule has 0 aliphatic carbocycles. The molecule has 0 aliphatic heterocycles. The van der Waals surface area contributed by atoms with E-state index in [2.05, 4.69) is 4.74 Å². The third-order valence-electron chi connectivity index (χ3n) is 3.52. The van der Waals surface area contributed by atoms with E-state index in [0.717, 1.165) is 5.06 Å². The molecule has 0 radical (unpaired) electrons. The Morgan fingerprint density at radius 1 is 1.04 bits per heavy atom. The predicted octanol–water partition coefficient (Wildman–Crippen LogP) is 4.28. The Bertz CT molecular complexity index is 692. The molecule has 1 amide bonds. The van der Waals surface area contributed by atoms with Crippen LogP contribution in [0.15, 0.2) is 0 Å². The van der Waals surface area contributed by atoms with Gasteiger partial charge in [-0.25, -0.2) is 18.2 Å². The van der Waals surface area contributed by atoms with E-state index < -0.39 is 52.3 Å². The summed E-state index contributed by atoms with van der Waals surface area (Å²) in [6, 6.07) is 0. The van der Waals surface area contributed by atoms with E-state index in [1.54, 1.807) is 20.8 Å². The maximum absolute atomic E-state index is 13.7. The monoisotopic (exact) mass is 411 g/mol. The normalized spacial score (nSPS) is 12.6. The van der Waals surface area contributed by atoms with Crippen molar-refractivity contribution in [3.05, 3.63) is 29.1 Å². The molecule has 1 atom stereocenters. The average molecular weight is 411 g/mol. The first kappa shape index (κ1) is 23.8. The van der Waals surface area contributed by atoms with Crippen LogP contribution in [-0.4, -0.2) is 29.6 Å². The van der Waals surface area contributed by atoms with E-state index in [-0.39, 0.29) is 13.0 Å². The van der Waals surface area contributed by atoms with E-state index >= 15 is 0 Å². The minimum absolute atomic E-state index is 0.141. The second kappa shape index (κ2) is 9.81. The summed E-state index contributed by atoms with van der Waals surface area (Å²) in [5.74, 6) is -15.4. The molecule has 0 saturated carbocycles. The first-order valence-electron chi connectivity index (χ1n) is 8.57. The molecule has 28 heavy (non-hydrogen) atoms. The fourth-order valence-corrected chi connectivity index (χ4v) is 2.26. The minimum atomic E-state index is -2.36. The number of hydroxylamine groups is 2. The minimum Gasteiger partial charge on any atom is -0.420 e. The van der Waals surface area contributed by atoms with Gasteiger partial charge in [-0.3, -0.25) is 14.4 Å². The number of benzene rings is 1. The molecule has 1 rings (SSSR count). The Kier molecular flexibility index (Phi) is 8.34. The number of hydrogen-bond acceptors (Lipinski definition) is 4. The summed E-state index contributed by atoms with van der Waals surface area (Å²) in [6.45, 7) is 6.44. The van der Waals surface area contributed by atoms with Gasteiger partial charge in [-0.2, -0.15) is 8.78 Å². The zero-order valence-corrected chi connectivity index (χ0v) is 16.0. The topological polar surface area (TPSA) is 55.8 Å². The van der Waals surface area contributed by atoms with Gasteiger partial charge in [-0.05, 0) is 27.2 Å². The summed E-state index contributed by atoms with van der Waals surface area (Å²) in [7, 11) is 0. The molecule has 1 aromatic carbocycles. The number of carbonyl (C=O) groups is 2. The van der Waals surface area contributed by atoms with Crippen LogP contribution < -0.4 is 4.74 Å². The Morgan fingerprint density at radius 3 is 1.96 bits per heavy atom. The highest BCUT2D eigenvalue weighted by molar-refractivity contribution is 5.75. The van der Waals surface area contributed by atoms with Gasteiger partial charge in [0.2, 0.25) is 41.2 Å². The summed E-state index contributed by atoms with van der Waals surface area (Å²) in [5, 5.41) is 0.820. The molecule has 1 aromatic rings. The van der Waals surface area contributed by atoms with Crippen molar-refractivity contribution in [3.63, 3.8) is 0 Å². The van der Waals surface area contributed by atoms with Gasteiger partial charge in [0, 0.05) is 0 Å². The van der Waals surface area contributed by atoms with Crippen molar-refractivity contribution in [2.75, 3.05) is 6.54 Å². The molecule has 0 spiro atoms. The van der Waals surface area contributed by atoms with Crippen molar-refractivity contribution in [3.8, 4) is 5.75 Å². The van der Waals surface area contributed by atoms with Crippen LogP contribution in [0.3, 0.4) is 0 Å². The summed E-state index contributed by atoms with van der Waals surface area (Å²) in [4.78, 5) is 28.9. The highest BCUT2D eigenvalue weighted by Gasteiger charge is 2.32. The number of rotatable bonds is 9. The number of halogens is 5. The quantitative estimate of drug-likeness (QED) is 0.116. The molecule has 0 N–H and O–H groups in total. The second-order valence-electron chi connectivity index (χ2n) is 7.07. The molecule has 0 fully saturated rings.